The second kappa shape index (κ2) is 6.66. The first-order valence-electron chi connectivity index (χ1n) is 6.76. The maximum absolute atomic E-state index is 12.1. The van der Waals surface area contributed by atoms with Crippen LogP contribution in [0.15, 0.2) is 24.3 Å². The molecule has 1 atom stereocenters. The van der Waals surface area contributed by atoms with E-state index in [9.17, 15) is 4.79 Å². The van der Waals surface area contributed by atoms with Crippen LogP contribution in [0.25, 0.3) is 11.3 Å². The molecule has 8 heteroatoms. The molecule has 0 saturated carbocycles. The predicted octanol–water partition coefficient (Wildman–Crippen LogP) is 2.31. The fourth-order valence-corrected chi connectivity index (χ4v) is 2.72. The van der Waals surface area contributed by atoms with Gasteiger partial charge in [0.25, 0.3) is 0 Å². The molecule has 1 aliphatic heterocycles. The molecule has 1 fully saturated rings. The summed E-state index contributed by atoms with van der Waals surface area (Å²) in [5.74, 6) is 0.255. The summed E-state index contributed by atoms with van der Waals surface area (Å²) in [5.41, 5.74) is 1.51. The van der Waals surface area contributed by atoms with Gasteiger partial charge in [-0.25, -0.2) is 0 Å². The highest BCUT2D eigenvalue weighted by Gasteiger charge is 2.21. The van der Waals surface area contributed by atoms with E-state index in [-0.39, 0.29) is 11.9 Å². The fourth-order valence-electron chi connectivity index (χ4n) is 2.19. The van der Waals surface area contributed by atoms with Crippen molar-refractivity contribution in [2.75, 3.05) is 25.1 Å². The molecule has 0 aliphatic carbocycles. The van der Waals surface area contributed by atoms with Crippen molar-refractivity contribution in [1.82, 2.24) is 15.5 Å². The number of aromatic amines is 1. The maximum atomic E-state index is 12.1. The summed E-state index contributed by atoms with van der Waals surface area (Å²) < 4.78 is 5.26. The molecule has 6 nitrogen and oxygen atoms in total. The molecule has 1 amide bonds. The summed E-state index contributed by atoms with van der Waals surface area (Å²) in [5, 5.41) is 13.8. The summed E-state index contributed by atoms with van der Waals surface area (Å²) in [7, 11) is 0. The normalized spacial score (nSPS) is 18.2. The van der Waals surface area contributed by atoms with Crippen LogP contribution in [-0.4, -0.2) is 41.9 Å². The molecule has 3 N–H and O–H groups in total. The number of benzene rings is 1. The Morgan fingerprint density at radius 1 is 1.27 bits per heavy atom. The smallest absolute Gasteiger partial charge is 0.245 e. The Bertz CT molecular complexity index is 663. The number of carbonyl (C=O) groups excluding carboxylic acids is 1. The van der Waals surface area contributed by atoms with Gasteiger partial charge in [0.15, 0.2) is 5.82 Å². The van der Waals surface area contributed by atoms with E-state index in [0.717, 1.165) is 5.56 Å². The van der Waals surface area contributed by atoms with Crippen molar-refractivity contribution in [3.8, 4) is 11.3 Å². The zero-order valence-corrected chi connectivity index (χ0v) is 13.0. The Kier molecular flexibility index (Phi) is 4.63. The molecule has 1 aliphatic rings. The van der Waals surface area contributed by atoms with Gasteiger partial charge in [0, 0.05) is 28.2 Å². The Hall–Kier alpha value is -1.60. The minimum atomic E-state index is -0.366. The number of rotatable bonds is 3. The molecule has 1 aromatic carbocycles. The standard InChI is InChI=1S/C14H14Cl2N4O2/c15-9-3-8(4-10(16)5-9)11-6-13(20-19-11)18-14(21)12-7-22-2-1-17-12/h3-6,12,17H,1-2,7H2,(H2,18,19,20,21). The summed E-state index contributed by atoms with van der Waals surface area (Å²) in [6.45, 7) is 1.63. The number of ether oxygens (including phenoxy) is 1. The van der Waals surface area contributed by atoms with Gasteiger partial charge in [-0.3, -0.25) is 9.89 Å². The van der Waals surface area contributed by atoms with Crippen molar-refractivity contribution in [2.24, 2.45) is 0 Å². The number of halogens is 2. The summed E-state index contributed by atoms with van der Waals surface area (Å²) in [6, 6.07) is 6.55. The second-order valence-corrected chi connectivity index (χ2v) is 5.77. The van der Waals surface area contributed by atoms with E-state index in [1.54, 1.807) is 24.3 Å². The lowest BCUT2D eigenvalue weighted by atomic mass is 10.1. The molecule has 116 valence electrons. The molecular formula is C14H14Cl2N4O2. The van der Waals surface area contributed by atoms with Gasteiger partial charge in [-0.15, -0.1) is 0 Å². The van der Waals surface area contributed by atoms with Crippen LogP contribution in [0.4, 0.5) is 5.82 Å². The number of nitrogens with zero attached hydrogens (tertiary/aromatic N) is 1. The third-order valence-electron chi connectivity index (χ3n) is 3.24. The zero-order valence-electron chi connectivity index (χ0n) is 11.5. The quantitative estimate of drug-likeness (QED) is 0.801. The number of anilines is 1. The average Bonchev–Trinajstić information content (AvgIpc) is 2.96. The molecule has 1 saturated heterocycles. The fraction of sp³-hybridized carbons (Fsp3) is 0.286. The molecular weight excluding hydrogens is 327 g/mol. The van der Waals surface area contributed by atoms with E-state index in [1.165, 1.54) is 0 Å². The lowest BCUT2D eigenvalue weighted by Crippen LogP contribution is -2.48. The van der Waals surface area contributed by atoms with Crippen molar-refractivity contribution in [2.45, 2.75) is 6.04 Å². The molecule has 0 radical (unpaired) electrons. The number of nitrogens with one attached hydrogen (secondary N) is 3. The average molecular weight is 341 g/mol. The van der Waals surface area contributed by atoms with Crippen molar-refractivity contribution in [1.29, 1.82) is 0 Å². The zero-order chi connectivity index (χ0) is 15.5. The van der Waals surface area contributed by atoms with Gasteiger partial charge in [0.2, 0.25) is 5.91 Å². The van der Waals surface area contributed by atoms with Crippen LogP contribution < -0.4 is 10.6 Å². The highest BCUT2D eigenvalue weighted by molar-refractivity contribution is 6.35. The van der Waals surface area contributed by atoms with Gasteiger partial charge in [-0.1, -0.05) is 23.2 Å². The molecule has 22 heavy (non-hydrogen) atoms. The lowest BCUT2D eigenvalue weighted by molar-refractivity contribution is -0.120. The number of morpholine rings is 1. The highest BCUT2D eigenvalue weighted by atomic mass is 35.5. The van der Waals surface area contributed by atoms with E-state index in [2.05, 4.69) is 20.8 Å². The topological polar surface area (TPSA) is 79.0 Å². The number of hydrogen-bond acceptors (Lipinski definition) is 4. The molecule has 1 aromatic heterocycles. The van der Waals surface area contributed by atoms with Crippen molar-refractivity contribution in [3.63, 3.8) is 0 Å². The minimum absolute atomic E-state index is 0.179. The van der Waals surface area contributed by atoms with Crippen molar-refractivity contribution >= 4 is 34.9 Å². The summed E-state index contributed by atoms with van der Waals surface area (Å²) >= 11 is 12.0. The Labute approximate surface area is 137 Å². The van der Waals surface area contributed by atoms with Gasteiger partial charge in [-0.05, 0) is 18.2 Å². The van der Waals surface area contributed by atoms with E-state index < -0.39 is 0 Å². The third kappa shape index (κ3) is 3.59. The van der Waals surface area contributed by atoms with Crippen LogP contribution >= 0.6 is 23.2 Å². The number of H-pyrrole nitrogens is 1. The van der Waals surface area contributed by atoms with Gasteiger partial charge < -0.3 is 15.4 Å². The Morgan fingerprint density at radius 2 is 2.05 bits per heavy atom. The molecule has 0 spiro atoms. The van der Waals surface area contributed by atoms with E-state index in [4.69, 9.17) is 27.9 Å². The summed E-state index contributed by atoms with van der Waals surface area (Å²) in [4.78, 5) is 12.1. The monoisotopic (exact) mass is 340 g/mol. The van der Waals surface area contributed by atoms with Crippen LogP contribution in [0.5, 0.6) is 0 Å². The Morgan fingerprint density at radius 3 is 2.73 bits per heavy atom. The van der Waals surface area contributed by atoms with Gasteiger partial charge in [0.1, 0.15) is 6.04 Å². The first kappa shape index (κ1) is 15.3. The molecule has 3 rings (SSSR count). The number of aromatic nitrogens is 2. The van der Waals surface area contributed by atoms with Gasteiger partial charge in [0.05, 0.1) is 18.9 Å². The van der Waals surface area contributed by atoms with Crippen LogP contribution in [0.2, 0.25) is 10.0 Å². The number of amides is 1. The number of carbonyl (C=O) groups is 1. The van der Waals surface area contributed by atoms with Crippen LogP contribution in [0.3, 0.4) is 0 Å². The van der Waals surface area contributed by atoms with Crippen molar-refractivity contribution < 1.29 is 9.53 Å². The molecule has 2 aromatic rings. The highest BCUT2D eigenvalue weighted by Crippen LogP contribution is 2.27. The SMILES string of the molecule is O=C(Nc1cc(-c2cc(Cl)cc(Cl)c2)[nH]n1)C1COCCN1. The first-order chi connectivity index (χ1) is 10.6. The van der Waals surface area contributed by atoms with Crippen molar-refractivity contribution in [3.05, 3.63) is 34.3 Å². The lowest BCUT2D eigenvalue weighted by Gasteiger charge is -2.22. The van der Waals surface area contributed by atoms with Crippen LogP contribution in [-0.2, 0) is 9.53 Å². The minimum Gasteiger partial charge on any atom is -0.378 e. The van der Waals surface area contributed by atoms with E-state index >= 15 is 0 Å². The molecule has 1 unspecified atom stereocenters. The van der Waals surface area contributed by atoms with Gasteiger partial charge >= 0.3 is 0 Å². The largest absolute Gasteiger partial charge is 0.378 e. The predicted molar refractivity (Wildman–Crippen MR) is 85.3 cm³/mol. The Balaban J connectivity index is 1.72. The third-order valence-corrected chi connectivity index (χ3v) is 3.68. The van der Waals surface area contributed by atoms with Crippen LogP contribution in [0.1, 0.15) is 0 Å². The van der Waals surface area contributed by atoms with Gasteiger partial charge in [-0.2, -0.15) is 5.10 Å². The maximum Gasteiger partial charge on any atom is 0.245 e. The van der Waals surface area contributed by atoms with E-state index in [0.29, 0.717) is 41.3 Å². The van der Waals surface area contributed by atoms with Crippen LogP contribution in [0, 0.1) is 0 Å². The number of hydrogen-bond donors (Lipinski definition) is 3. The molecule has 2 heterocycles. The second-order valence-electron chi connectivity index (χ2n) is 4.90. The summed E-state index contributed by atoms with van der Waals surface area (Å²) in [6.07, 6.45) is 0. The van der Waals surface area contributed by atoms with E-state index in [1.807, 2.05) is 0 Å². The first-order valence-corrected chi connectivity index (χ1v) is 7.51. The molecule has 0 bridgehead atoms.